The van der Waals surface area contributed by atoms with Crippen molar-refractivity contribution in [1.29, 1.82) is 0 Å². The Kier molecular flexibility index (Phi) is 10.7. The second-order valence-electron chi connectivity index (χ2n) is 6.34. The summed E-state index contributed by atoms with van der Waals surface area (Å²) in [5.41, 5.74) is -0.542. The van der Waals surface area contributed by atoms with Crippen molar-refractivity contribution in [3.05, 3.63) is 24.2 Å². The number of rotatable bonds is 8. The Morgan fingerprint density at radius 3 is 2.67 bits per heavy atom. The van der Waals surface area contributed by atoms with Crippen LogP contribution in [0.1, 0.15) is 39.9 Å². The van der Waals surface area contributed by atoms with E-state index in [1.165, 1.54) is 0 Å². The van der Waals surface area contributed by atoms with Gasteiger partial charge in [0, 0.05) is 26.1 Å². The molecule has 24 heavy (non-hydrogen) atoms. The number of nitrogens with one attached hydrogen (secondary N) is 3. The summed E-state index contributed by atoms with van der Waals surface area (Å²) < 4.78 is 5.32. The summed E-state index contributed by atoms with van der Waals surface area (Å²) in [6.45, 7) is 9.13. The van der Waals surface area contributed by atoms with Crippen LogP contribution in [0.2, 0.25) is 0 Å². The van der Waals surface area contributed by atoms with Gasteiger partial charge in [0.1, 0.15) is 5.76 Å². The Hall–Kier alpha value is -1.25. The van der Waals surface area contributed by atoms with Gasteiger partial charge in [-0.3, -0.25) is 9.79 Å². The number of guanidine groups is 1. The predicted octanol–water partition coefficient (Wildman–Crippen LogP) is 2.55. The van der Waals surface area contributed by atoms with E-state index in [-0.39, 0.29) is 29.9 Å². The van der Waals surface area contributed by atoms with Gasteiger partial charge in [-0.15, -0.1) is 24.0 Å². The van der Waals surface area contributed by atoms with Crippen LogP contribution >= 0.6 is 24.0 Å². The molecule has 0 aliphatic rings. The maximum atomic E-state index is 11.9. The highest BCUT2D eigenvalue weighted by Crippen LogP contribution is 2.15. The predicted molar refractivity (Wildman–Crippen MR) is 109 cm³/mol. The maximum absolute atomic E-state index is 11.9. The van der Waals surface area contributed by atoms with Gasteiger partial charge < -0.3 is 20.4 Å². The summed E-state index contributed by atoms with van der Waals surface area (Å²) in [6, 6.07) is 4.15. The highest BCUT2D eigenvalue weighted by Gasteiger charge is 2.26. The molecule has 1 amide bonds. The van der Waals surface area contributed by atoms with Gasteiger partial charge in [-0.25, -0.2) is 0 Å². The molecule has 0 radical (unpaired) electrons. The third-order valence-electron chi connectivity index (χ3n) is 3.71. The molecular weight excluding hydrogens is 419 g/mol. The molecule has 0 saturated carbocycles. The molecule has 0 fully saturated rings. The monoisotopic (exact) mass is 450 g/mol. The second-order valence-corrected chi connectivity index (χ2v) is 6.34. The van der Waals surface area contributed by atoms with Crippen LogP contribution in [0.4, 0.5) is 0 Å². The first-order valence-electron chi connectivity index (χ1n) is 8.18. The highest BCUT2D eigenvalue weighted by molar-refractivity contribution is 14.0. The van der Waals surface area contributed by atoms with Crippen LogP contribution in [0.15, 0.2) is 27.8 Å². The van der Waals surface area contributed by atoms with Crippen molar-refractivity contribution in [3.63, 3.8) is 0 Å². The molecule has 1 rings (SSSR count). The Balaban J connectivity index is 0.00000529. The summed E-state index contributed by atoms with van der Waals surface area (Å²) in [4.78, 5) is 16.4. The summed E-state index contributed by atoms with van der Waals surface area (Å²) in [5.74, 6) is 1.65. The number of amides is 1. The molecule has 0 saturated heterocycles. The minimum atomic E-state index is -0.542. The minimum absolute atomic E-state index is 0. The molecule has 1 aromatic rings. The Bertz CT molecular complexity index is 501. The zero-order valence-electron chi connectivity index (χ0n) is 15.3. The number of hydrogen-bond donors (Lipinski definition) is 3. The molecule has 1 atom stereocenters. The first-order chi connectivity index (χ1) is 10.9. The van der Waals surface area contributed by atoms with E-state index in [9.17, 15) is 4.79 Å². The molecule has 1 unspecified atom stereocenters. The molecule has 7 heteroatoms. The van der Waals surface area contributed by atoms with E-state index in [2.05, 4.69) is 34.8 Å². The van der Waals surface area contributed by atoms with E-state index >= 15 is 0 Å². The SMILES string of the molecule is CCC(C)NC(=NCC(C)(C)C(=O)NC)NCCc1ccco1.I. The van der Waals surface area contributed by atoms with E-state index in [0.717, 1.165) is 31.1 Å². The van der Waals surface area contributed by atoms with E-state index < -0.39 is 5.41 Å². The second kappa shape index (κ2) is 11.3. The van der Waals surface area contributed by atoms with Crippen LogP contribution in [-0.4, -0.2) is 38.0 Å². The number of aliphatic imine (C=N–C) groups is 1. The lowest BCUT2D eigenvalue weighted by Gasteiger charge is -2.22. The first kappa shape index (κ1) is 22.8. The first-order valence-corrected chi connectivity index (χ1v) is 8.18. The number of nitrogens with zero attached hydrogens (tertiary/aromatic N) is 1. The van der Waals surface area contributed by atoms with Crippen LogP contribution in [0, 0.1) is 5.41 Å². The molecule has 0 aromatic carbocycles. The zero-order chi connectivity index (χ0) is 17.3. The third-order valence-corrected chi connectivity index (χ3v) is 3.71. The lowest BCUT2D eigenvalue weighted by molar-refractivity contribution is -0.128. The summed E-state index contributed by atoms with van der Waals surface area (Å²) in [6.07, 6.45) is 3.46. The van der Waals surface area contributed by atoms with Crippen LogP contribution in [0.3, 0.4) is 0 Å². The number of carbonyl (C=O) groups excluding carboxylic acids is 1. The van der Waals surface area contributed by atoms with Gasteiger partial charge in [0.15, 0.2) is 5.96 Å². The van der Waals surface area contributed by atoms with E-state index in [1.54, 1.807) is 13.3 Å². The fourth-order valence-electron chi connectivity index (χ4n) is 1.93. The number of hydrogen-bond acceptors (Lipinski definition) is 3. The third kappa shape index (κ3) is 8.03. The molecule has 138 valence electrons. The van der Waals surface area contributed by atoms with Gasteiger partial charge in [-0.2, -0.15) is 0 Å². The van der Waals surface area contributed by atoms with Crippen LogP contribution in [0.25, 0.3) is 0 Å². The minimum Gasteiger partial charge on any atom is -0.469 e. The summed E-state index contributed by atoms with van der Waals surface area (Å²) in [5, 5.41) is 9.33. The summed E-state index contributed by atoms with van der Waals surface area (Å²) in [7, 11) is 1.65. The molecule has 0 aliphatic carbocycles. The van der Waals surface area contributed by atoms with Crippen molar-refractivity contribution in [3.8, 4) is 0 Å². The summed E-state index contributed by atoms with van der Waals surface area (Å²) >= 11 is 0. The Morgan fingerprint density at radius 2 is 2.12 bits per heavy atom. The maximum Gasteiger partial charge on any atom is 0.227 e. The van der Waals surface area contributed by atoms with Crippen molar-refractivity contribution < 1.29 is 9.21 Å². The highest BCUT2D eigenvalue weighted by atomic mass is 127. The van der Waals surface area contributed by atoms with Crippen molar-refractivity contribution in [2.75, 3.05) is 20.1 Å². The van der Waals surface area contributed by atoms with E-state index in [4.69, 9.17) is 4.42 Å². The van der Waals surface area contributed by atoms with Gasteiger partial charge in [-0.05, 0) is 39.3 Å². The zero-order valence-corrected chi connectivity index (χ0v) is 17.6. The normalized spacial score (nSPS) is 13.0. The Morgan fingerprint density at radius 1 is 1.42 bits per heavy atom. The van der Waals surface area contributed by atoms with Gasteiger partial charge in [-0.1, -0.05) is 6.92 Å². The lowest BCUT2D eigenvalue weighted by atomic mass is 9.93. The van der Waals surface area contributed by atoms with Crippen LogP contribution in [-0.2, 0) is 11.2 Å². The Labute approximate surface area is 162 Å². The average molecular weight is 450 g/mol. The van der Waals surface area contributed by atoms with Gasteiger partial charge in [0.2, 0.25) is 5.91 Å². The fraction of sp³-hybridized carbons (Fsp3) is 0.647. The number of furan rings is 1. The van der Waals surface area contributed by atoms with E-state index in [1.807, 2.05) is 26.0 Å². The van der Waals surface area contributed by atoms with E-state index in [0.29, 0.717) is 12.6 Å². The van der Waals surface area contributed by atoms with Crippen molar-refractivity contribution >= 4 is 35.8 Å². The lowest BCUT2D eigenvalue weighted by Crippen LogP contribution is -2.44. The van der Waals surface area contributed by atoms with Gasteiger partial charge in [0.05, 0.1) is 18.2 Å². The van der Waals surface area contributed by atoms with Crippen LogP contribution < -0.4 is 16.0 Å². The van der Waals surface area contributed by atoms with Crippen LogP contribution in [0.5, 0.6) is 0 Å². The standard InChI is InChI=1S/C17H30N4O2.HI/c1-6-13(2)21-16(19-10-9-14-8-7-11-23-14)20-12-17(3,4)15(22)18-5;/h7-8,11,13H,6,9-10,12H2,1-5H3,(H,18,22)(H2,19,20,21);1H. The molecule has 6 nitrogen and oxygen atoms in total. The molecular formula is C17H31IN4O2. The molecule has 1 heterocycles. The molecule has 0 aliphatic heterocycles. The smallest absolute Gasteiger partial charge is 0.227 e. The topological polar surface area (TPSA) is 78.7 Å². The van der Waals surface area contributed by atoms with Gasteiger partial charge in [0.25, 0.3) is 0 Å². The van der Waals surface area contributed by atoms with Crippen molar-refractivity contribution in [1.82, 2.24) is 16.0 Å². The fourth-order valence-corrected chi connectivity index (χ4v) is 1.93. The molecule has 0 spiro atoms. The number of carbonyl (C=O) groups is 1. The van der Waals surface area contributed by atoms with Crippen molar-refractivity contribution in [2.45, 2.75) is 46.6 Å². The molecule has 1 aromatic heterocycles. The van der Waals surface area contributed by atoms with Crippen molar-refractivity contribution in [2.24, 2.45) is 10.4 Å². The average Bonchev–Trinajstić information content (AvgIpc) is 3.04. The number of halogens is 1. The molecule has 0 bridgehead atoms. The quantitative estimate of drug-likeness (QED) is 0.323. The molecule has 3 N–H and O–H groups in total. The largest absolute Gasteiger partial charge is 0.469 e. The van der Waals surface area contributed by atoms with Gasteiger partial charge >= 0.3 is 0 Å².